The topological polar surface area (TPSA) is 64.6 Å². The molecule has 0 aliphatic rings. The zero-order valence-electron chi connectivity index (χ0n) is 17.6. The number of rotatable bonds is 10. The molecule has 3 aromatic rings. The van der Waals surface area contributed by atoms with E-state index in [2.05, 4.69) is 12.2 Å². The molecular formula is C26H27NO4. The van der Waals surface area contributed by atoms with Crippen molar-refractivity contribution in [3.63, 3.8) is 0 Å². The summed E-state index contributed by atoms with van der Waals surface area (Å²) in [5, 5.41) is 2.95. The maximum atomic E-state index is 12.3. The van der Waals surface area contributed by atoms with Crippen LogP contribution in [0.25, 0.3) is 0 Å². The molecule has 5 heteroatoms. The first-order valence-corrected chi connectivity index (χ1v) is 10.4. The summed E-state index contributed by atoms with van der Waals surface area (Å²) in [5.74, 6) is -0.210. The minimum Gasteiger partial charge on any atom is -0.489 e. The molecule has 1 atom stereocenters. The second kappa shape index (κ2) is 11.6. The standard InChI is InChI=1S/C26H27NO4/c1-2-9-24(21-12-7-4-8-13-21)27-25(28)19-31-26(29)22-14-16-23(17-15-22)30-18-20-10-5-3-6-11-20/h3-8,10-17,24H,2,9,18-19H2,1H3,(H,27,28)/t24-/m1/s1. The van der Waals surface area contributed by atoms with Crippen LogP contribution in [-0.2, 0) is 16.1 Å². The van der Waals surface area contributed by atoms with Gasteiger partial charge < -0.3 is 14.8 Å². The lowest BCUT2D eigenvalue weighted by Gasteiger charge is -2.18. The van der Waals surface area contributed by atoms with Crippen LogP contribution in [0, 0.1) is 0 Å². The van der Waals surface area contributed by atoms with Crippen LogP contribution >= 0.6 is 0 Å². The van der Waals surface area contributed by atoms with Gasteiger partial charge >= 0.3 is 5.97 Å². The second-order valence-electron chi connectivity index (χ2n) is 7.19. The molecule has 3 rings (SSSR count). The predicted molar refractivity (Wildman–Crippen MR) is 120 cm³/mol. The first-order valence-electron chi connectivity index (χ1n) is 10.4. The van der Waals surface area contributed by atoms with Crippen molar-refractivity contribution in [2.75, 3.05) is 6.61 Å². The molecule has 3 aromatic carbocycles. The number of nitrogens with one attached hydrogen (secondary N) is 1. The van der Waals surface area contributed by atoms with Crippen molar-refractivity contribution < 1.29 is 19.1 Å². The summed E-state index contributed by atoms with van der Waals surface area (Å²) in [4.78, 5) is 24.6. The molecule has 1 amide bonds. The Bertz CT molecular complexity index is 956. The molecule has 160 valence electrons. The number of benzene rings is 3. The average Bonchev–Trinajstić information content (AvgIpc) is 2.82. The van der Waals surface area contributed by atoms with E-state index in [4.69, 9.17) is 9.47 Å². The SMILES string of the molecule is CCC[C@@H](NC(=O)COC(=O)c1ccc(OCc2ccccc2)cc1)c1ccccc1. The third-order valence-electron chi connectivity index (χ3n) is 4.79. The number of carbonyl (C=O) groups is 2. The van der Waals surface area contributed by atoms with E-state index in [0.717, 1.165) is 24.0 Å². The van der Waals surface area contributed by atoms with Crippen molar-refractivity contribution in [3.8, 4) is 5.75 Å². The van der Waals surface area contributed by atoms with E-state index in [1.165, 1.54) is 0 Å². The molecule has 31 heavy (non-hydrogen) atoms. The number of amides is 1. The molecule has 0 spiro atoms. The summed E-state index contributed by atoms with van der Waals surface area (Å²) in [7, 11) is 0. The van der Waals surface area contributed by atoms with Crippen molar-refractivity contribution in [1.82, 2.24) is 5.32 Å². The highest BCUT2D eigenvalue weighted by Gasteiger charge is 2.16. The number of esters is 1. The van der Waals surface area contributed by atoms with Gasteiger partial charge in [-0.05, 0) is 41.8 Å². The third-order valence-corrected chi connectivity index (χ3v) is 4.79. The number of hydrogen-bond acceptors (Lipinski definition) is 4. The van der Waals surface area contributed by atoms with Crippen molar-refractivity contribution >= 4 is 11.9 Å². The Labute approximate surface area is 183 Å². The van der Waals surface area contributed by atoms with Gasteiger partial charge in [0, 0.05) is 0 Å². The van der Waals surface area contributed by atoms with Crippen LogP contribution in [-0.4, -0.2) is 18.5 Å². The Morgan fingerprint density at radius 1 is 0.871 bits per heavy atom. The maximum Gasteiger partial charge on any atom is 0.338 e. The third kappa shape index (κ3) is 7.00. The Kier molecular flexibility index (Phi) is 8.23. The lowest BCUT2D eigenvalue weighted by molar-refractivity contribution is -0.125. The quantitative estimate of drug-likeness (QED) is 0.467. The first kappa shape index (κ1) is 22.1. The first-order chi connectivity index (χ1) is 15.2. The monoisotopic (exact) mass is 417 g/mol. The van der Waals surface area contributed by atoms with Gasteiger partial charge in [-0.25, -0.2) is 4.79 Å². The van der Waals surface area contributed by atoms with Crippen LogP contribution in [0.4, 0.5) is 0 Å². The fourth-order valence-corrected chi connectivity index (χ4v) is 3.17. The van der Waals surface area contributed by atoms with E-state index < -0.39 is 5.97 Å². The van der Waals surface area contributed by atoms with Gasteiger partial charge in [0.15, 0.2) is 6.61 Å². The number of ether oxygens (including phenoxy) is 2. The molecule has 0 heterocycles. The summed E-state index contributed by atoms with van der Waals surface area (Å²) in [6.45, 7) is 2.19. The molecule has 0 bridgehead atoms. The molecule has 0 radical (unpaired) electrons. The molecule has 5 nitrogen and oxygen atoms in total. The summed E-state index contributed by atoms with van der Waals surface area (Å²) in [6, 6.07) is 26.2. The van der Waals surface area contributed by atoms with Crippen LogP contribution in [0.15, 0.2) is 84.9 Å². The number of carbonyl (C=O) groups excluding carboxylic acids is 2. The minimum atomic E-state index is -0.545. The molecular weight excluding hydrogens is 390 g/mol. The Morgan fingerprint density at radius 3 is 2.16 bits per heavy atom. The fraction of sp³-hybridized carbons (Fsp3) is 0.231. The van der Waals surface area contributed by atoms with E-state index >= 15 is 0 Å². The summed E-state index contributed by atoms with van der Waals surface area (Å²) in [6.07, 6.45) is 1.74. The molecule has 0 saturated heterocycles. The van der Waals surface area contributed by atoms with E-state index in [1.807, 2.05) is 60.7 Å². The van der Waals surface area contributed by atoms with Crippen LogP contribution in [0.5, 0.6) is 5.75 Å². The van der Waals surface area contributed by atoms with Gasteiger partial charge in [-0.3, -0.25) is 4.79 Å². The van der Waals surface area contributed by atoms with Gasteiger partial charge in [-0.15, -0.1) is 0 Å². The summed E-state index contributed by atoms with van der Waals surface area (Å²) < 4.78 is 10.9. The maximum absolute atomic E-state index is 12.3. The zero-order chi connectivity index (χ0) is 21.9. The van der Waals surface area contributed by atoms with Crippen molar-refractivity contribution in [2.45, 2.75) is 32.4 Å². The van der Waals surface area contributed by atoms with Gasteiger partial charge in [0.25, 0.3) is 5.91 Å². The van der Waals surface area contributed by atoms with Gasteiger partial charge in [-0.2, -0.15) is 0 Å². The summed E-state index contributed by atoms with van der Waals surface area (Å²) >= 11 is 0. The van der Waals surface area contributed by atoms with Gasteiger partial charge in [0.05, 0.1) is 11.6 Å². The minimum absolute atomic E-state index is 0.0987. The van der Waals surface area contributed by atoms with E-state index in [1.54, 1.807) is 24.3 Å². The number of hydrogen-bond donors (Lipinski definition) is 1. The van der Waals surface area contributed by atoms with Crippen LogP contribution in [0.3, 0.4) is 0 Å². The predicted octanol–water partition coefficient (Wildman–Crippen LogP) is 5.08. The molecule has 0 unspecified atom stereocenters. The Hall–Kier alpha value is -3.60. The molecule has 0 aromatic heterocycles. The highest BCUT2D eigenvalue weighted by atomic mass is 16.5. The van der Waals surface area contributed by atoms with Gasteiger partial charge in [-0.1, -0.05) is 74.0 Å². The molecule has 0 aliphatic heterocycles. The molecule has 1 N–H and O–H groups in total. The highest BCUT2D eigenvalue weighted by molar-refractivity contribution is 5.91. The van der Waals surface area contributed by atoms with E-state index in [0.29, 0.717) is 17.9 Å². The van der Waals surface area contributed by atoms with Gasteiger partial charge in [0.2, 0.25) is 0 Å². The second-order valence-corrected chi connectivity index (χ2v) is 7.19. The van der Waals surface area contributed by atoms with Crippen molar-refractivity contribution in [3.05, 3.63) is 102 Å². The Morgan fingerprint density at radius 2 is 1.52 bits per heavy atom. The molecule has 0 saturated carbocycles. The van der Waals surface area contributed by atoms with Crippen molar-refractivity contribution in [1.29, 1.82) is 0 Å². The van der Waals surface area contributed by atoms with Crippen LogP contribution < -0.4 is 10.1 Å². The average molecular weight is 418 g/mol. The van der Waals surface area contributed by atoms with Crippen molar-refractivity contribution in [2.24, 2.45) is 0 Å². The molecule has 0 aliphatic carbocycles. The summed E-state index contributed by atoms with van der Waals surface area (Å²) in [5.41, 5.74) is 2.47. The lowest BCUT2D eigenvalue weighted by Crippen LogP contribution is -2.32. The van der Waals surface area contributed by atoms with E-state index in [-0.39, 0.29) is 18.6 Å². The smallest absolute Gasteiger partial charge is 0.338 e. The largest absolute Gasteiger partial charge is 0.489 e. The van der Waals surface area contributed by atoms with Gasteiger partial charge in [0.1, 0.15) is 12.4 Å². The molecule has 0 fully saturated rings. The van der Waals surface area contributed by atoms with Crippen LogP contribution in [0.1, 0.15) is 47.3 Å². The highest BCUT2D eigenvalue weighted by Crippen LogP contribution is 2.18. The Balaban J connectivity index is 1.47. The lowest BCUT2D eigenvalue weighted by atomic mass is 10.0. The van der Waals surface area contributed by atoms with E-state index in [9.17, 15) is 9.59 Å². The fourth-order valence-electron chi connectivity index (χ4n) is 3.17. The zero-order valence-corrected chi connectivity index (χ0v) is 17.6. The van der Waals surface area contributed by atoms with Crippen LogP contribution in [0.2, 0.25) is 0 Å². The normalized spacial score (nSPS) is 11.4.